The molecule has 0 aliphatic carbocycles. The lowest BCUT2D eigenvalue weighted by Gasteiger charge is -2.26. The third-order valence-corrected chi connectivity index (χ3v) is 10.8. The Kier molecular flexibility index (Phi) is 8.55. The summed E-state index contributed by atoms with van der Waals surface area (Å²) in [6.07, 6.45) is 0. The lowest BCUT2D eigenvalue weighted by atomic mass is 9.97. The van der Waals surface area contributed by atoms with Gasteiger partial charge in [-0.05, 0) is 99.1 Å². The van der Waals surface area contributed by atoms with Crippen LogP contribution in [0.3, 0.4) is 0 Å². The van der Waals surface area contributed by atoms with E-state index in [1.54, 1.807) is 0 Å². The molecular weight excluding hydrogens is 677 g/mol. The number of aromatic nitrogens is 1. The number of benzene rings is 9. The molecule has 1 aromatic heterocycles. The van der Waals surface area contributed by atoms with Gasteiger partial charge in [-0.2, -0.15) is 0 Å². The number of fused-ring (bicyclic) bond motifs is 3. The highest BCUT2D eigenvalue weighted by Crippen LogP contribution is 2.43. The van der Waals surface area contributed by atoms with Crippen LogP contribution in [0.25, 0.3) is 72.0 Å². The zero-order valence-electron chi connectivity index (χ0n) is 30.8. The van der Waals surface area contributed by atoms with Gasteiger partial charge in [-0.3, -0.25) is 0 Å². The van der Waals surface area contributed by atoms with Gasteiger partial charge in [-0.15, -0.1) is 0 Å². The molecule has 10 rings (SSSR count). The van der Waals surface area contributed by atoms with E-state index in [0.717, 1.165) is 28.3 Å². The van der Waals surface area contributed by atoms with Crippen LogP contribution in [0.4, 0.5) is 17.1 Å². The molecule has 0 spiro atoms. The van der Waals surface area contributed by atoms with Crippen molar-refractivity contribution < 1.29 is 0 Å². The third-order valence-electron chi connectivity index (χ3n) is 10.8. The molecule has 2 heteroatoms. The van der Waals surface area contributed by atoms with Crippen molar-refractivity contribution in [3.63, 3.8) is 0 Å². The van der Waals surface area contributed by atoms with Crippen LogP contribution in [0.1, 0.15) is 0 Å². The Balaban J connectivity index is 1.17. The highest BCUT2D eigenvalue weighted by atomic mass is 15.1. The summed E-state index contributed by atoms with van der Waals surface area (Å²) >= 11 is 0. The second-order valence-electron chi connectivity index (χ2n) is 14.2. The van der Waals surface area contributed by atoms with Gasteiger partial charge in [0, 0.05) is 33.5 Å². The third kappa shape index (κ3) is 6.14. The number of anilines is 3. The summed E-state index contributed by atoms with van der Waals surface area (Å²) in [6.45, 7) is 0. The van der Waals surface area contributed by atoms with E-state index in [1.165, 1.54) is 60.8 Å². The summed E-state index contributed by atoms with van der Waals surface area (Å²) < 4.78 is 2.42. The van der Waals surface area contributed by atoms with Crippen molar-refractivity contribution >= 4 is 38.9 Å². The molecule has 0 fully saturated rings. The predicted octanol–water partition coefficient (Wildman–Crippen LogP) is 14.9. The average molecular weight is 715 g/mol. The fourth-order valence-corrected chi connectivity index (χ4v) is 8.10. The number of nitrogens with zero attached hydrogens (tertiary/aromatic N) is 2. The summed E-state index contributed by atoms with van der Waals surface area (Å²) in [5.41, 5.74) is 16.4. The first-order valence-electron chi connectivity index (χ1n) is 19.2. The van der Waals surface area contributed by atoms with Crippen molar-refractivity contribution in [3.8, 4) is 50.2 Å². The molecule has 0 aliphatic rings. The van der Waals surface area contributed by atoms with E-state index in [1.807, 2.05) is 0 Å². The summed E-state index contributed by atoms with van der Waals surface area (Å²) in [7, 11) is 0. The first-order chi connectivity index (χ1) is 27.8. The number of rotatable bonds is 8. The fourth-order valence-electron chi connectivity index (χ4n) is 8.10. The minimum atomic E-state index is 1.09. The van der Waals surface area contributed by atoms with Gasteiger partial charge in [0.05, 0.1) is 11.0 Å². The Morgan fingerprint density at radius 2 is 0.750 bits per heavy atom. The number of hydrogen-bond acceptors (Lipinski definition) is 1. The van der Waals surface area contributed by atoms with E-state index in [0.29, 0.717) is 0 Å². The molecular formula is C54H38N2. The monoisotopic (exact) mass is 714 g/mol. The van der Waals surface area contributed by atoms with E-state index in [2.05, 4.69) is 240 Å². The summed E-state index contributed by atoms with van der Waals surface area (Å²) in [4.78, 5) is 2.39. The molecule has 0 radical (unpaired) electrons. The summed E-state index contributed by atoms with van der Waals surface area (Å²) in [5, 5.41) is 2.46. The summed E-state index contributed by atoms with van der Waals surface area (Å²) in [5.74, 6) is 0. The van der Waals surface area contributed by atoms with E-state index < -0.39 is 0 Å². The van der Waals surface area contributed by atoms with Crippen molar-refractivity contribution in [3.05, 3.63) is 231 Å². The normalized spacial score (nSPS) is 11.2. The minimum absolute atomic E-state index is 1.09. The molecule has 264 valence electrons. The van der Waals surface area contributed by atoms with Gasteiger partial charge >= 0.3 is 0 Å². The number of para-hydroxylation sites is 1. The predicted molar refractivity (Wildman–Crippen MR) is 237 cm³/mol. The fraction of sp³-hybridized carbons (Fsp3) is 0. The van der Waals surface area contributed by atoms with Crippen LogP contribution < -0.4 is 4.90 Å². The second kappa shape index (κ2) is 14.4. The maximum Gasteiger partial charge on any atom is 0.0562 e. The van der Waals surface area contributed by atoms with E-state index in [9.17, 15) is 0 Å². The van der Waals surface area contributed by atoms with Crippen molar-refractivity contribution in [1.82, 2.24) is 4.57 Å². The SMILES string of the molecule is c1ccc(-c2ccc(-c3cccc4c3c3ccc(N(c5ccc(-c6ccccc6)cc5)c5cccc(-c6ccccc6)c5)cc3n4-c3ccccc3)cc2)cc1. The van der Waals surface area contributed by atoms with Crippen LogP contribution in [-0.2, 0) is 0 Å². The quantitative estimate of drug-likeness (QED) is 0.152. The zero-order chi connectivity index (χ0) is 37.3. The molecule has 0 saturated carbocycles. The Morgan fingerprint density at radius 3 is 1.38 bits per heavy atom. The Hall–Kier alpha value is -7.42. The van der Waals surface area contributed by atoms with Crippen molar-refractivity contribution in [1.29, 1.82) is 0 Å². The zero-order valence-corrected chi connectivity index (χ0v) is 30.8. The van der Waals surface area contributed by atoms with Gasteiger partial charge in [-0.25, -0.2) is 0 Å². The summed E-state index contributed by atoms with van der Waals surface area (Å²) in [6, 6.07) is 83.0. The van der Waals surface area contributed by atoms with Crippen LogP contribution in [0.2, 0.25) is 0 Å². The molecule has 9 aromatic carbocycles. The smallest absolute Gasteiger partial charge is 0.0562 e. The lowest BCUT2D eigenvalue weighted by Crippen LogP contribution is -2.10. The standard InChI is InChI=1S/C54H38N2/c1-5-15-39(16-6-1)42-27-29-44(30-28-42)50-25-14-26-52-54(50)51-36-35-49(38-53(51)56(52)46-22-11-4-12-23-46)55(47-33-31-43(32-34-47)40-17-7-2-8-18-40)48-24-13-21-45(37-48)41-19-9-3-10-20-41/h1-38H. The first-order valence-corrected chi connectivity index (χ1v) is 19.2. The van der Waals surface area contributed by atoms with Crippen molar-refractivity contribution in [2.75, 3.05) is 4.90 Å². The maximum absolute atomic E-state index is 2.42. The van der Waals surface area contributed by atoms with Gasteiger partial charge in [0.2, 0.25) is 0 Å². The van der Waals surface area contributed by atoms with Crippen LogP contribution in [0.5, 0.6) is 0 Å². The maximum atomic E-state index is 2.42. The van der Waals surface area contributed by atoms with Gasteiger partial charge < -0.3 is 9.47 Å². The molecule has 0 amide bonds. The topological polar surface area (TPSA) is 8.17 Å². The van der Waals surface area contributed by atoms with E-state index in [4.69, 9.17) is 0 Å². The molecule has 0 aliphatic heterocycles. The Bertz CT molecular complexity index is 2910. The molecule has 0 N–H and O–H groups in total. The molecule has 0 atom stereocenters. The molecule has 10 aromatic rings. The van der Waals surface area contributed by atoms with Gasteiger partial charge in [0.1, 0.15) is 0 Å². The average Bonchev–Trinajstić information content (AvgIpc) is 3.62. The molecule has 0 bridgehead atoms. The molecule has 1 heterocycles. The Labute approximate surface area is 327 Å². The van der Waals surface area contributed by atoms with Crippen LogP contribution in [0.15, 0.2) is 231 Å². The van der Waals surface area contributed by atoms with Crippen LogP contribution in [-0.4, -0.2) is 4.57 Å². The molecule has 2 nitrogen and oxygen atoms in total. The largest absolute Gasteiger partial charge is 0.310 e. The lowest BCUT2D eigenvalue weighted by molar-refractivity contribution is 1.18. The second-order valence-corrected chi connectivity index (χ2v) is 14.2. The van der Waals surface area contributed by atoms with Gasteiger partial charge in [-0.1, -0.05) is 176 Å². The van der Waals surface area contributed by atoms with Crippen molar-refractivity contribution in [2.24, 2.45) is 0 Å². The Morgan fingerprint density at radius 1 is 0.286 bits per heavy atom. The highest BCUT2D eigenvalue weighted by molar-refractivity contribution is 6.16. The molecule has 0 unspecified atom stereocenters. The first kappa shape index (κ1) is 33.2. The van der Waals surface area contributed by atoms with Crippen molar-refractivity contribution in [2.45, 2.75) is 0 Å². The van der Waals surface area contributed by atoms with Crippen LogP contribution >= 0.6 is 0 Å². The highest BCUT2D eigenvalue weighted by Gasteiger charge is 2.20. The number of hydrogen-bond donors (Lipinski definition) is 0. The van der Waals surface area contributed by atoms with Gasteiger partial charge in [0.15, 0.2) is 0 Å². The van der Waals surface area contributed by atoms with Gasteiger partial charge in [0.25, 0.3) is 0 Å². The van der Waals surface area contributed by atoms with E-state index in [-0.39, 0.29) is 0 Å². The molecule has 56 heavy (non-hydrogen) atoms. The van der Waals surface area contributed by atoms with E-state index >= 15 is 0 Å². The minimum Gasteiger partial charge on any atom is -0.310 e. The molecule has 0 saturated heterocycles. The van der Waals surface area contributed by atoms with Crippen LogP contribution in [0, 0.1) is 0 Å².